The SMILES string of the molecule is Cc1csc(C(O)c2cscc2Br)n1. The van der Waals surface area contributed by atoms with E-state index >= 15 is 0 Å². The number of nitrogens with zero attached hydrogens (tertiary/aromatic N) is 1. The largest absolute Gasteiger partial charge is 0.381 e. The van der Waals surface area contributed by atoms with E-state index in [-0.39, 0.29) is 0 Å². The van der Waals surface area contributed by atoms with E-state index in [0.717, 1.165) is 20.7 Å². The molecule has 0 amide bonds. The normalized spacial score (nSPS) is 13.1. The highest BCUT2D eigenvalue weighted by Crippen LogP contribution is 2.32. The molecule has 0 aliphatic carbocycles. The van der Waals surface area contributed by atoms with Crippen LogP contribution in [0.4, 0.5) is 0 Å². The first kappa shape index (κ1) is 10.3. The number of hydrogen-bond donors (Lipinski definition) is 1. The van der Waals surface area contributed by atoms with Crippen LogP contribution in [-0.4, -0.2) is 10.1 Å². The molecule has 0 aliphatic rings. The van der Waals surface area contributed by atoms with Crippen molar-refractivity contribution >= 4 is 38.6 Å². The zero-order chi connectivity index (χ0) is 10.1. The third-order valence-electron chi connectivity index (χ3n) is 1.81. The van der Waals surface area contributed by atoms with Gasteiger partial charge in [0, 0.05) is 26.5 Å². The Balaban J connectivity index is 2.33. The van der Waals surface area contributed by atoms with Gasteiger partial charge in [-0.1, -0.05) is 0 Å². The van der Waals surface area contributed by atoms with Crippen molar-refractivity contribution in [1.82, 2.24) is 4.98 Å². The number of halogens is 1. The Morgan fingerprint density at radius 3 is 2.71 bits per heavy atom. The summed E-state index contributed by atoms with van der Waals surface area (Å²) in [6, 6.07) is 0. The lowest BCUT2D eigenvalue weighted by Crippen LogP contribution is -1.97. The highest BCUT2D eigenvalue weighted by Gasteiger charge is 2.17. The molecule has 0 radical (unpaired) electrons. The molecule has 74 valence electrons. The van der Waals surface area contributed by atoms with Gasteiger partial charge in [-0.3, -0.25) is 0 Å². The Labute approximate surface area is 98.4 Å². The van der Waals surface area contributed by atoms with Crippen molar-refractivity contribution in [2.45, 2.75) is 13.0 Å². The zero-order valence-corrected chi connectivity index (χ0v) is 10.6. The smallest absolute Gasteiger partial charge is 0.132 e. The predicted molar refractivity (Wildman–Crippen MR) is 62.9 cm³/mol. The standard InChI is InChI=1S/C9H8BrNOS2/c1-5-2-14-9(11-5)8(12)6-3-13-4-7(6)10/h2-4,8,12H,1H3. The summed E-state index contributed by atoms with van der Waals surface area (Å²) in [4.78, 5) is 4.26. The molecule has 2 heterocycles. The van der Waals surface area contributed by atoms with Crippen LogP contribution >= 0.6 is 38.6 Å². The van der Waals surface area contributed by atoms with Crippen molar-refractivity contribution < 1.29 is 5.11 Å². The van der Waals surface area contributed by atoms with Crippen LogP contribution in [-0.2, 0) is 0 Å². The van der Waals surface area contributed by atoms with Crippen LogP contribution in [0.3, 0.4) is 0 Å². The van der Waals surface area contributed by atoms with Crippen LogP contribution in [0.25, 0.3) is 0 Å². The number of thiazole rings is 1. The first-order chi connectivity index (χ1) is 6.68. The van der Waals surface area contributed by atoms with Crippen LogP contribution in [0.1, 0.15) is 22.4 Å². The lowest BCUT2D eigenvalue weighted by molar-refractivity contribution is 0.219. The van der Waals surface area contributed by atoms with Crippen molar-refractivity contribution in [2.24, 2.45) is 0 Å². The lowest BCUT2D eigenvalue weighted by Gasteiger charge is -2.05. The minimum atomic E-state index is -0.602. The van der Waals surface area contributed by atoms with Crippen molar-refractivity contribution in [1.29, 1.82) is 0 Å². The van der Waals surface area contributed by atoms with Crippen molar-refractivity contribution in [2.75, 3.05) is 0 Å². The van der Waals surface area contributed by atoms with E-state index in [1.54, 1.807) is 11.3 Å². The molecule has 0 saturated carbocycles. The predicted octanol–water partition coefficient (Wildman–Crippen LogP) is 3.36. The Hall–Kier alpha value is -0.230. The van der Waals surface area contributed by atoms with Gasteiger partial charge < -0.3 is 5.11 Å². The fourth-order valence-corrected chi connectivity index (χ4v) is 3.45. The molecular formula is C9H8BrNOS2. The summed E-state index contributed by atoms with van der Waals surface area (Å²) in [6.45, 7) is 1.93. The first-order valence-corrected chi connectivity index (χ1v) is 6.61. The fourth-order valence-electron chi connectivity index (χ4n) is 1.12. The Kier molecular flexibility index (Phi) is 3.02. The van der Waals surface area contributed by atoms with Gasteiger partial charge in [0.1, 0.15) is 11.1 Å². The quantitative estimate of drug-likeness (QED) is 0.920. The Bertz CT molecular complexity index is 437. The molecule has 0 fully saturated rings. The van der Waals surface area contributed by atoms with Crippen molar-refractivity contribution in [3.8, 4) is 0 Å². The summed E-state index contributed by atoms with van der Waals surface area (Å²) in [5.41, 5.74) is 1.85. The number of aliphatic hydroxyl groups is 1. The molecule has 2 nitrogen and oxygen atoms in total. The van der Waals surface area contributed by atoms with Crippen molar-refractivity contribution in [3.05, 3.63) is 36.9 Å². The van der Waals surface area contributed by atoms with Crippen molar-refractivity contribution in [3.63, 3.8) is 0 Å². The number of hydrogen-bond acceptors (Lipinski definition) is 4. The second-order valence-electron chi connectivity index (χ2n) is 2.90. The molecule has 0 aromatic carbocycles. The summed E-state index contributed by atoms with van der Waals surface area (Å²) < 4.78 is 0.947. The van der Waals surface area contributed by atoms with Crippen LogP contribution in [0.2, 0.25) is 0 Å². The number of rotatable bonds is 2. The molecule has 0 bridgehead atoms. The van der Waals surface area contributed by atoms with Crippen LogP contribution < -0.4 is 0 Å². The monoisotopic (exact) mass is 289 g/mol. The van der Waals surface area contributed by atoms with Crippen LogP contribution in [0.15, 0.2) is 20.6 Å². The molecule has 5 heteroatoms. The third-order valence-corrected chi connectivity index (χ3v) is 4.57. The number of aromatic nitrogens is 1. The van der Waals surface area contributed by atoms with E-state index in [2.05, 4.69) is 20.9 Å². The second kappa shape index (κ2) is 4.10. The maximum atomic E-state index is 10.00. The Morgan fingerprint density at radius 2 is 2.21 bits per heavy atom. The fraction of sp³-hybridized carbons (Fsp3) is 0.222. The summed E-state index contributed by atoms with van der Waals surface area (Å²) in [6.07, 6.45) is -0.602. The van der Waals surface area contributed by atoms with E-state index < -0.39 is 6.10 Å². The lowest BCUT2D eigenvalue weighted by atomic mass is 10.2. The molecule has 2 rings (SSSR count). The number of aliphatic hydroxyl groups excluding tert-OH is 1. The van der Waals surface area contributed by atoms with E-state index in [0.29, 0.717) is 0 Å². The molecule has 2 aromatic heterocycles. The highest BCUT2D eigenvalue weighted by atomic mass is 79.9. The van der Waals surface area contributed by atoms with Gasteiger partial charge in [0.15, 0.2) is 0 Å². The second-order valence-corrected chi connectivity index (χ2v) is 5.39. The maximum Gasteiger partial charge on any atom is 0.132 e. The molecule has 1 N–H and O–H groups in total. The first-order valence-electron chi connectivity index (χ1n) is 4.00. The summed E-state index contributed by atoms with van der Waals surface area (Å²) >= 11 is 6.45. The Morgan fingerprint density at radius 1 is 1.43 bits per heavy atom. The average molecular weight is 290 g/mol. The van der Waals surface area contributed by atoms with Gasteiger partial charge in [-0.25, -0.2) is 4.98 Å². The summed E-state index contributed by atoms with van der Waals surface area (Å²) in [7, 11) is 0. The third kappa shape index (κ3) is 1.91. The number of thiophene rings is 1. The van der Waals surface area contributed by atoms with Gasteiger partial charge in [0.2, 0.25) is 0 Å². The molecule has 1 atom stereocenters. The van der Waals surface area contributed by atoms with E-state index in [9.17, 15) is 5.11 Å². The minimum absolute atomic E-state index is 0.602. The van der Waals surface area contributed by atoms with Gasteiger partial charge in [-0.2, -0.15) is 11.3 Å². The molecule has 0 spiro atoms. The van der Waals surface area contributed by atoms with E-state index in [1.807, 2.05) is 23.1 Å². The van der Waals surface area contributed by atoms with Gasteiger partial charge in [0.05, 0.1) is 0 Å². The molecule has 0 saturated heterocycles. The van der Waals surface area contributed by atoms with Crippen LogP contribution in [0.5, 0.6) is 0 Å². The number of aryl methyl sites for hydroxylation is 1. The highest BCUT2D eigenvalue weighted by molar-refractivity contribution is 9.10. The van der Waals surface area contributed by atoms with Gasteiger partial charge in [0.25, 0.3) is 0 Å². The van der Waals surface area contributed by atoms with Gasteiger partial charge in [-0.15, -0.1) is 11.3 Å². The van der Waals surface area contributed by atoms with E-state index in [4.69, 9.17) is 0 Å². The summed E-state index contributed by atoms with van der Waals surface area (Å²) in [5.74, 6) is 0. The topological polar surface area (TPSA) is 33.1 Å². The van der Waals surface area contributed by atoms with Crippen LogP contribution in [0, 0.1) is 6.92 Å². The zero-order valence-electron chi connectivity index (χ0n) is 7.40. The molecule has 0 aliphatic heterocycles. The summed E-state index contributed by atoms with van der Waals surface area (Å²) in [5, 5.41) is 16.6. The molecular weight excluding hydrogens is 282 g/mol. The average Bonchev–Trinajstić information content (AvgIpc) is 2.73. The molecule has 14 heavy (non-hydrogen) atoms. The van der Waals surface area contributed by atoms with Gasteiger partial charge >= 0.3 is 0 Å². The molecule has 2 aromatic rings. The van der Waals surface area contributed by atoms with E-state index in [1.165, 1.54) is 11.3 Å². The maximum absolute atomic E-state index is 10.00. The molecule has 1 unspecified atom stereocenters. The van der Waals surface area contributed by atoms with Gasteiger partial charge in [-0.05, 0) is 28.2 Å². The minimum Gasteiger partial charge on any atom is -0.381 e.